The van der Waals surface area contributed by atoms with Crippen LogP contribution in [0, 0.1) is 11.8 Å². The van der Waals surface area contributed by atoms with E-state index in [9.17, 15) is 19.2 Å². The van der Waals surface area contributed by atoms with E-state index in [-0.39, 0.29) is 41.7 Å². The van der Waals surface area contributed by atoms with Gasteiger partial charge in [0.2, 0.25) is 11.8 Å². The molecule has 286 valence electrons. The number of ether oxygens (including phenoxy) is 2. The molecule has 14 nitrogen and oxygen atoms in total. The Kier molecular flexibility index (Phi) is 11.7. The number of carbonyl (C=O) groups excluding carboxylic acids is 4. The first-order valence-corrected chi connectivity index (χ1v) is 18.6. The van der Waals surface area contributed by atoms with Gasteiger partial charge in [0.15, 0.2) is 0 Å². The van der Waals surface area contributed by atoms with Gasteiger partial charge in [-0.1, -0.05) is 68.8 Å². The first-order chi connectivity index (χ1) is 26.0. The molecule has 2 fully saturated rings. The summed E-state index contributed by atoms with van der Waals surface area (Å²) in [4.78, 5) is 68.9. The van der Waals surface area contributed by atoms with E-state index in [1.54, 1.807) is 11.1 Å². The monoisotopic (exact) mass is 738 g/mol. The van der Waals surface area contributed by atoms with Crippen molar-refractivity contribution in [3.05, 3.63) is 72.6 Å². The molecular weight excluding hydrogens is 688 g/mol. The lowest BCUT2D eigenvalue weighted by atomic mass is 9.94. The van der Waals surface area contributed by atoms with Crippen molar-refractivity contribution in [3.63, 3.8) is 0 Å². The quantitative estimate of drug-likeness (QED) is 0.132. The van der Waals surface area contributed by atoms with Crippen LogP contribution in [0.15, 0.2) is 60.9 Å². The smallest absolute Gasteiger partial charge is 0.425 e. The normalized spacial score (nSPS) is 18.8. The van der Waals surface area contributed by atoms with E-state index in [1.807, 2.05) is 33.9 Å². The highest BCUT2D eigenvalue weighted by molar-refractivity contribution is 5.86. The standard InChI is InChI=1S/C40H50N8O6/c1-23(2)34(45-39(51)53-5)38(50)47-20-8-11-33(47)36-42-22-32(44-36)28-18-14-26(15-19-28)25-12-16-27(17-13-25)31-21-41-35(43-31)29-9-7-10-30(29)37(49)48(24(3)4)46-40(52)54-6/h12-19,21-24,29-30,33-34H,7-11,20H2,1-6H3,(H,41,43)(H,42,44)(H,45,51)(H,46,52)/t29-,30?,33?,34-/m0/s1. The molecule has 14 heteroatoms. The Morgan fingerprint density at radius 2 is 1.31 bits per heavy atom. The second kappa shape index (κ2) is 16.6. The molecule has 2 aromatic heterocycles. The number of hydrazine groups is 1. The Balaban J connectivity index is 1.11. The Hall–Kier alpha value is -5.66. The number of nitrogens with zero attached hydrogens (tertiary/aromatic N) is 4. The zero-order valence-corrected chi connectivity index (χ0v) is 31.7. The molecule has 4 amide bonds. The summed E-state index contributed by atoms with van der Waals surface area (Å²) in [5.74, 6) is 0.725. The number of hydrogen-bond donors (Lipinski definition) is 4. The van der Waals surface area contributed by atoms with Crippen molar-refractivity contribution in [1.29, 1.82) is 0 Å². The summed E-state index contributed by atoms with van der Waals surface area (Å²) in [6.07, 6.45) is 6.39. The van der Waals surface area contributed by atoms with Gasteiger partial charge in [0.1, 0.15) is 17.7 Å². The summed E-state index contributed by atoms with van der Waals surface area (Å²) in [6.45, 7) is 8.10. The molecule has 0 bridgehead atoms. The van der Waals surface area contributed by atoms with Gasteiger partial charge in [-0.15, -0.1) is 0 Å². The second-order valence-corrected chi connectivity index (χ2v) is 14.6. The van der Waals surface area contributed by atoms with Gasteiger partial charge in [-0.2, -0.15) is 0 Å². The van der Waals surface area contributed by atoms with Gasteiger partial charge < -0.3 is 29.7 Å². The van der Waals surface area contributed by atoms with E-state index in [2.05, 4.69) is 79.2 Å². The SMILES string of the molecule is COC(=O)N[C@H](C(=O)N1CCCC1c1ncc(-c2ccc(-c3ccc(-c4cnc([C@H]5CCCC5C(=O)N(NC(=O)OC)C(C)C)[nH]4)cc3)cc2)[nH]1)C(C)C. The fourth-order valence-electron chi connectivity index (χ4n) is 7.55. The Morgan fingerprint density at radius 1 is 0.759 bits per heavy atom. The molecule has 4 atom stereocenters. The molecule has 2 aromatic carbocycles. The lowest BCUT2D eigenvalue weighted by Gasteiger charge is -2.30. The van der Waals surface area contributed by atoms with Crippen molar-refractivity contribution in [3.8, 4) is 33.6 Å². The molecule has 4 aromatic rings. The molecule has 1 aliphatic heterocycles. The fraction of sp³-hybridized carbons (Fsp3) is 0.450. The number of benzene rings is 2. The summed E-state index contributed by atoms with van der Waals surface area (Å²) >= 11 is 0. The minimum absolute atomic E-state index is 0.0807. The molecule has 0 spiro atoms. The molecule has 6 rings (SSSR count). The zero-order valence-electron chi connectivity index (χ0n) is 31.7. The maximum Gasteiger partial charge on any atom is 0.425 e. The molecule has 54 heavy (non-hydrogen) atoms. The number of amides is 4. The van der Waals surface area contributed by atoms with Gasteiger partial charge in [0.05, 0.1) is 44.0 Å². The van der Waals surface area contributed by atoms with Crippen molar-refractivity contribution >= 4 is 24.0 Å². The summed E-state index contributed by atoms with van der Waals surface area (Å²) in [6, 6.07) is 15.4. The van der Waals surface area contributed by atoms with Crippen LogP contribution in [-0.2, 0) is 19.1 Å². The summed E-state index contributed by atoms with van der Waals surface area (Å²) in [5.41, 5.74) is 8.37. The van der Waals surface area contributed by atoms with Crippen LogP contribution in [0.3, 0.4) is 0 Å². The number of H-pyrrole nitrogens is 2. The number of carbonyl (C=O) groups is 4. The van der Waals surface area contributed by atoms with Crippen LogP contribution >= 0.6 is 0 Å². The first-order valence-electron chi connectivity index (χ1n) is 18.6. The van der Waals surface area contributed by atoms with Gasteiger partial charge in [-0.05, 0) is 67.7 Å². The van der Waals surface area contributed by atoms with Crippen LogP contribution in [-0.4, -0.2) is 86.7 Å². The number of aromatic nitrogens is 4. The van der Waals surface area contributed by atoms with Crippen LogP contribution in [0.2, 0.25) is 0 Å². The largest absolute Gasteiger partial charge is 0.453 e. The fourth-order valence-corrected chi connectivity index (χ4v) is 7.55. The van der Waals surface area contributed by atoms with Crippen LogP contribution in [0.4, 0.5) is 9.59 Å². The van der Waals surface area contributed by atoms with Gasteiger partial charge in [-0.3, -0.25) is 9.59 Å². The number of methoxy groups -OCH3 is 2. The topological polar surface area (TPSA) is 175 Å². The van der Waals surface area contributed by atoms with Crippen LogP contribution in [0.25, 0.3) is 33.6 Å². The van der Waals surface area contributed by atoms with Crippen LogP contribution in [0.5, 0.6) is 0 Å². The Bertz CT molecular complexity index is 1800. The highest BCUT2D eigenvalue weighted by Crippen LogP contribution is 2.40. The molecule has 0 radical (unpaired) electrons. The summed E-state index contributed by atoms with van der Waals surface area (Å²) in [5, 5.41) is 4.05. The average Bonchev–Trinajstić information content (AvgIpc) is 4.02. The second-order valence-electron chi connectivity index (χ2n) is 14.6. The number of imidazole rings is 2. The molecule has 3 heterocycles. The molecule has 2 aliphatic rings. The number of likely N-dealkylation sites (tertiary alicyclic amines) is 1. The van der Waals surface area contributed by atoms with Gasteiger partial charge >= 0.3 is 12.2 Å². The third kappa shape index (κ3) is 8.12. The zero-order chi connectivity index (χ0) is 38.5. The number of nitrogens with one attached hydrogen (secondary N) is 4. The molecule has 2 unspecified atom stereocenters. The van der Waals surface area contributed by atoms with E-state index in [0.717, 1.165) is 77.4 Å². The minimum atomic E-state index is -0.687. The first kappa shape index (κ1) is 38.1. The molecule has 4 N–H and O–H groups in total. The predicted molar refractivity (Wildman–Crippen MR) is 203 cm³/mol. The molecule has 1 saturated heterocycles. The van der Waals surface area contributed by atoms with Gasteiger partial charge in [0.25, 0.3) is 0 Å². The summed E-state index contributed by atoms with van der Waals surface area (Å²) in [7, 11) is 2.56. The van der Waals surface area contributed by atoms with E-state index >= 15 is 0 Å². The van der Waals surface area contributed by atoms with Crippen LogP contribution in [0.1, 0.15) is 83.4 Å². The van der Waals surface area contributed by atoms with Crippen molar-refractivity contribution in [1.82, 2.24) is 40.6 Å². The van der Waals surface area contributed by atoms with E-state index in [0.29, 0.717) is 6.54 Å². The van der Waals surface area contributed by atoms with Crippen molar-refractivity contribution < 1.29 is 28.7 Å². The van der Waals surface area contributed by atoms with E-state index in [1.165, 1.54) is 19.2 Å². The van der Waals surface area contributed by atoms with Crippen molar-refractivity contribution in [2.24, 2.45) is 11.8 Å². The molecular formula is C40H50N8O6. The third-order valence-corrected chi connectivity index (χ3v) is 10.5. The van der Waals surface area contributed by atoms with Crippen molar-refractivity contribution in [2.45, 2.75) is 83.8 Å². The average molecular weight is 739 g/mol. The number of aromatic amines is 2. The van der Waals surface area contributed by atoms with Crippen molar-refractivity contribution in [2.75, 3.05) is 20.8 Å². The number of alkyl carbamates (subject to hydrolysis) is 1. The summed E-state index contributed by atoms with van der Waals surface area (Å²) < 4.78 is 9.48. The third-order valence-electron chi connectivity index (χ3n) is 10.5. The minimum Gasteiger partial charge on any atom is -0.453 e. The lowest BCUT2D eigenvalue weighted by Crippen LogP contribution is -2.52. The number of hydrogen-bond acceptors (Lipinski definition) is 8. The lowest BCUT2D eigenvalue weighted by molar-refractivity contribution is -0.140. The van der Waals surface area contributed by atoms with Gasteiger partial charge in [0, 0.05) is 24.4 Å². The van der Waals surface area contributed by atoms with Gasteiger partial charge in [-0.25, -0.2) is 30.0 Å². The molecule has 1 saturated carbocycles. The predicted octanol–water partition coefficient (Wildman–Crippen LogP) is 6.57. The Labute approximate surface area is 315 Å². The van der Waals surface area contributed by atoms with E-state index < -0.39 is 18.2 Å². The van der Waals surface area contributed by atoms with Crippen LogP contribution < -0.4 is 10.7 Å². The maximum absolute atomic E-state index is 13.5. The Morgan fingerprint density at radius 3 is 1.87 bits per heavy atom. The highest BCUT2D eigenvalue weighted by atomic mass is 16.5. The van der Waals surface area contributed by atoms with E-state index in [4.69, 9.17) is 9.47 Å². The number of rotatable bonds is 10. The maximum atomic E-state index is 13.5. The highest BCUT2D eigenvalue weighted by Gasteiger charge is 2.40. The molecule has 1 aliphatic carbocycles.